The van der Waals surface area contributed by atoms with Gasteiger partial charge in [0, 0.05) is 17.6 Å². The van der Waals surface area contributed by atoms with Gasteiger partial charge in [0.05, 0.1) is 13.5 Å². The number of nitrogen functional groups attached to an aromatic ring is 1. The van der Waals surface area contributed by atoms with Crippen LogP contribution in [0.15, 0.2) is 15.7 Å². The molecule has 90 valence electrons. The van der Waals surface area contributed by atoms with Crippen LogP contribution in [0.5, 0.6) is 0 Å². The van der Waals surface area contributed by atoms with Gasteiger partial charge in [0.1, 0.15) is 4.21 Å². The zero-order valence-corrected chi connectivity index (χ0v) is 10.2. The topological polar surface area (TPSA) is 98.5 Å². The third-order valence-corrected chi connectivity index (χ3v) is 4.63. The van der Waals surface area contributed by atoms with Crippen LogP contribution < -0.4 is 10.5 Å². The lowest BCUT2D eigenvalue weighted by molar-refractivity contribution is -0.140. The minimum atomic E-state index is -3.56. The van der Waals surface area contributed by atoms with Crippen molar-refractivity contribution in [2.24, 2.45) is 0 Å². The highest BCUT2D eigenvalue weighted by atomic mass is 32.2. The molecule has 0 aliphatic rings. The number of anilines is 1. The van der Waals surface area contributed by atoms with E-state index in [1.165, 1.54) is 18.6 Å². The zero-order valence-electron chi connectivity index (χ0n) is 8.60. The summed E-state index contributed by atoms with van der Waals surface area (Å²) in [7, 11) is -2.32. The quantitative estimate of drug-likeness (QED) is 0.739. The second-order valence-corrected chi connectivity index (χ2v) is 5.83. The maximum absolute atomic E-state index is 11.6. The molecule has 0 spiro atoms. The Balaban J connectivity index is 2.56. The molecule has 0 saturated carbocycles. The molecule has 0 unspecified atom stereocenters. The van der Waals surface area contributed by atoms with Crippen molar-refractivity contribution in [1.29, 1.82) is 0 Å². The summed E-state index contributed by atoms with van der Waals surface area (Å²) in [6.07, 6.45) is -0.00339. The van der Waals surface area contributed by atoms with Gasteiger partial charge in [-0.3, -0.25) is 4.79 Å². The Bertz CT molecular complexity index is 466. The number of nitrogens with one attached hydrogen (secondary N) is 1. The molecule has 0 fully saturated rings. The van der Waals surface area contributed by atoms with Crippen molar-refractivity contribution in [3.05, 3.63) is 11.4 Å². The molecule has 16 heavy (non-hydrogen) atoms. The molecule has 1 rings (SSSR count). The van der Waals surface area contributed by atoms with Crippen molar-refractivity contribution >= 4 is 33.0 Å². The first-order chi connectivity index (χ1) is 7.45. The number of methoxy groups -OCH3 is 1. The van der Waals surface area contributed by atoms with E-state index in [4.69, 9.17) is 5.73 Å². The van der Waals surface area contributed by atoms with E-state index in [-0.39, 0.29) is 17.2 Å². The highest BCUT2D eigenvalue weighted by Crippen LogP contribution is 2.21. The van der Waals surface area contributed by atoms with E-state index in [1.54, 1.807) is 0 Å². The van der Waals surface area contributed by atoms with E-state index in [2.05, 4.69) is 9.46 Å². The lowest BCUT2D eigenvalue weighted by Crippen LogP contribution is -2.25. The van der Waals surface area contributed by atoms with Gasteiger partial charge in [-0.1, -0.05) is 0 Å². The maximum atomic E-state index is 11.6. The molecule has 1 aromatic rings. The molecule has 6 nitrogen and oxygen atoms in total. The van der Waals surface area contributed by atoms with E-state index in [0.717, 1.165) is 11.3 Å². The Kier molecular flexibility index (Phi) is 4.27. The highest BCUT2D eigenvalue weighted by Gasteiger charge is 2.16. The van der Waals surface area contributed by atoms with Crippen LogP contribution in [0.2, 0.25) is 0 Å². The predicted octanol–water partition coefficient (Wildman–Crippen LogP) is 0.172. The Hall–Kier alpha value is -1.12. The monoisotopic (exact) mass is 264 g/mol. The molecule has 8 heteroatoms. The Morgan fingerprint density at radius 3 is 2.81 bits per heavy atom. The van der Waals surface area contributed by atoms with E-state index in [1.807, 2.05) is 0 Å². The molecular weight excluding hydrogens is 252 g/mol. The molecule has 1 aromatic heterocycles. The second kappa shape index (κ2) is 5.28. The Morgan fingerprint density at radius 1 is 1.62 bits per heavy atom. The molecule has 0 radical (unpaired) electrons. The first kappa shape index (κ1) is 12.9. The molecule has 3 N–H and O–H groups in total. The molecule has 0 aromatic carbocycles. The van der Waals surface area contributed by atoms with Gasteiger partial charge in [-0.2, -0.15) is 0 Å². The van der Waals surface area contributed by atoms with Crippen molar-refractivity contribution < 1.29 is 17.9 Å². The van der Waals surface area contributed by atoms with Gasteiger partial charge in [0.15, 0.2) is 0 Å². The summed E-state index contributed by atoms with van der Waals surface area (Å²) < 4.78 is 30.0. The van der Waals surface area contributed by atoms with Crippen LogP contribution >= 0.6 is 11.3 Å². The van der Waals surface area contributed by atoms with Gasteiger partial charge >= 0.3 is 5.97 Å². The largest absolute Gasteiger partial charge is 0.469 e. The smallest absolute Gasteiger partial charge is 0.306 e. The number of carbonyl (C=O) groups is 1. The van der Waals surface area contributed by atoms with Crippen molar-refractivity contribution in [2.45, 2.75) is 10.6 Å². The average molecular weight is 264 g/mol. The lowest BCUT2D eigenvalue weighted by atomic mass is 10.4. The summed E-state index contributed by atoms with van der Waals surface area (Å²) in [5.74, 6) is -0.464. The summed E-state index contributed by atoms with van der Waals surface area (Å²) in [4.78, 5) is 10.8. The van der Waals surface area contributed by atoms with E-state index in [0.29, 0.717) is 5.69 Å². The number of esters is 1. The third kappa shape index (κ3) is 3.47. The molecule has 0 aliphatic carbocycles. The van der Waals surface area contributed by atoms with Crippen LogP contribution in [0.3, 0.4) is 0 Å². The summed E-state index contributed by atoms with van der Waals surface area (Å²) in [6, 6.07) is 1.37. The molecule has 0 bridgehead atoms. The molecule has 0 saturated heterocycles. The number of sulfonamides is 1. The highest BCUT2D eigenvalue weighted by molar-refractivity contribution is 7.91. The second-order valence-electron chi connectivity index (χ2n) is 2.92. The fourth-order valence-electron chi connectivity index (χ4n) is 0.932. The molecule has 0 amide bonds. The van der Waals surface area contributed by atoms with Gasteiger partial charge in [-0.15, -0.1) is 11.3 Å². The number of hydrogen-bond donors (Lipinski definition) is 2. The molecule has 1 heterocycles. The number of hydrogen-bond acceptors (Lipinski definition) is 6. The lowest BCUT2D eigenvalue weighted by Gasteiger charge is -2.03. The normalized spacial score (nSPS) is 11.3. The van der Waals surface area contributed by atoms with Crippen LogP contribution in [0.4, 0.5) is 5.69 Å². The Morgan fingerprint density at radius 2 is 2.31 bits per heavy atom. The summed E-state index contributed by atoms with van der Waals surface area (Å²) in [5.41, 5.74) is 5.82. The summed E-state index contributed by atoms with van der Waals surface area (Å²) in [5, 5.41) is 1.54. The van der Waals surface area contributed by atoms with E-state index < -0.39 is 16.0 Å². The first-order valence-corrected chi connectivity index (χ1v) is 6.72. The van der Waals surface area contributed by atoms with Gasteiger partial charge < -0.3 is 10.5 Å². The standard InChI is InChI=1S/C8H12N2O4S2/c1-14-7(11)2-3-10-16(12,13)8-4-6(9)5-15-8/h4-5,10H,2-3,9H2,1H3. The molecular formula is C8H12N2O4S2. The van der Waals surface area contributed by atoms with Gasteiger partial charge in [0.2, 0.25) is 10.0 Å². The molecule has 0 aliphatic heterocycles. The number of thiophene rings is 1. The van der Waals surface area contributed by atoms with Crippen molar-refractivity contribution in [1.82, 2.24) is 4.72 Å². The summed E-state index contributed by atoms with van der Waals surface area (Å²) in [6.45, 7) is 0.00676. The number of rotatable bonds is 5. The van der Waals surface area contributed by atoms with Crippen molar-refractivity contribution in [3.8, 4) is 0 Å². The minimum Gasteiger partial charge on any atom is -0.469 e. The summed E-state index contributed by atoms with van der Waals surface area (Å²) >= 11 is 1.03. The maximum Gasteiger partial charge on any atom is 0.306 e. The van der Waals surface area contributed by atoms with Gasteiger partial charge in [-0.05, 0) is 6.07 Å². The number of nitrogens with two attached hydrogens (primary N) is 1. The number of ether oxygens (including phenoxy) is 1. The first-order valence-electron chi connectivity index (χ1n) is 4.36. The van der Waals surface area contributed by atoms with Gasteiger partial charge in [-0.25, -0.2) is 13.1 Å². The minimum absolute atomic E-state index is 0.00339. The number of carbonyl (C=O) groups excluding carboxylic acids is 1. The molecule has 0 atom stereocenters. The van der Waals surface area contributed by atoms with Crippen LogP contribution in [0.1, 0.15) is 6.42 Å². The van der Waals surface area contributed by atoms with Crippen LogP contribution in [-0.2, 0) is 19.6 Å². The predicted molar refractivity (Wildman–Crippen MR) is 60.6 cm³/mol. The van der Waals surface area contributed by atoms with E-state index in [9.17, 15) is 13.2 Å². The zero-order chi connectivity index (χ0) is 12.2. The van der Waals surface area contributed by atoms with Crippen molar-refractivity contribution in [2.75, 3.05) is 19.4 Å². The fraction of sp³-hybridized carbons (Fsp3) is 0.375. The fourth-order valence-corrected chi connectivity index (χ4v) is 3.09. The SMILES string of the molecule is COC(=O)CCNS(=O)(=O)c1cc(N)cs1. The Labute approximate surface area is 97.5 Å². The van der Waals surface area contributed by atoms with Crippen LogP contribution in [0, 0.1) is 0 Å². The average Bonchev–Trinajstić information content (AvgIpc) is 2.65. The van der Waals surface area contributed by atoms with Crippen molar-refractivity contribution in [3.63, 3.8) is 0 Å². The van der Waals surface area contributed by atoms with Gasteiger partial charge in [0.25, 0.3) is 0 Å². The third-order valence-electron chi connectivity index (χ3n) is 1.71. The van der Waals surface area contributed by atoms with Crippen LogP contribution in [0.25, 0.3) is 0 Å². The van der Waals surface area contributed by atoms with Crippen LogP contribution in [-0.4, -0.2) is 28.0 Å². The van der Waals surface area contributed by atoms with E-state index >= 15 is 0 Å².